The second-order valence-electron chi connectivity index (χ2n) is 9.08. The van der Waals surface area contributed by atoms with E-state index in [0.29, 0.717) is 29.3 Å². The number of hydrogen-bond donors (Lipinski definition) is 2. The molecule has 12 heteroatoms. The maximum atomic E-state index is 13.4. The monoisotopic (exact) mass is 539 g/mol. The van der Waals surface area contributed by atoms with Crippen molar-refractivity contribution in [1.29, 1.82) is 0 Å². The van der Waals surface area contributed by atoms with Crippen LogP contribution in [0.25, 0.3) is 0 Å². The van der Waals surface area contributed by atoms with E-state index in [2.05, 4.69) is 15.0 Å². The molecule has 10 nitrogen and oxygen atoms in total. The van der Waals surface area contributed by atoms with Crippen molar-refractivity contribution in [3.8, 4) is 5.75 Å². The minimum absolute atomic E-state index is 0.00298. The van der Waals surface area contributed by atoms with Gasteiger partial charge in [-0.1, -0.05) is 23.7 Å². The van der Waals surface area contributed by atoms with Gasteiger partial charge in [0.05, 0.1) is 18.2 Å². The number of carboxylic acids is 1. The first-order valence-corrected chi connectivity index (χ1v) is 12.3. The second-order valence-corrected chi connectivity index (χ2v) is 9.51. The molecular weight excluding hydrogens is 517 g/mol. The number of aromatic amines is 1. The minimum atomic E-state index is -0.940. The van der Waals surface area contributed by atoms with E-state index < -0.39 is 29.2 Å². The van der Waals surface area contributed by atoms with Crippen molar-refractivity contribution in [2.45, 2.75) is 32.4 Å². The van der Waals surface area contributed by atoms with Crippen LogP contribution in [0, 0.1) is 11.8 Å². The molecule has 38 heavy (non-hydrogen) atoms. The third kappa shape index (κ3) is 5.83. The van der Waals surface area contributed by atoms with Crippen LogP contribution >= 0.6 is 11.6 Å². The van der Waals surface area contributed by atoms with Crippen molar-refractivity contribution >= 4 is 29.2 Å². The van der Waals surface area contributed by atoms with Crippen LogP contribution in [0.2, 0.25) is 5.02 Å². The molecule has 0 spiro atoms. The number of hydrogen-bond acceptors (Lipinski definition) is 6. The van der Waals surface area contributed by atoms with Crippen molar-refractivity contribution in [2.24, 2.45) is 21.8 Å². The number of ether oxygens (including phenoxy) is 1. The Morgan fingerprint density at radius 2 is 1.89 bits per heavy atom. The Morgan fingerprint density at radius 3 is 2.55 bits per heavy atom. The van der Waals surface area contributed by atoms with Crippen LogP contribution in [0.5, 0.6) is 5.75 Å². The highest BCUT2D eigenvalue weighted by Crippen LogP contribution is 2.39. The highest BCUT2D eigenvalue weighted by molar-refractivity contribution is 6.30. The minimum Gasteiger partial charge on any atom is -0.481 e. The molecule has 2 atom stereocenters. The maximum absolute atomic E-state index is 13.4. The number of rotatable bonds is 8. The summed E-state index contributed by atoms with van der Waals surface area (Å²) in [6.07, 6.45) is 2.86. The SMILES string of the molecule is O=C(O)C1CC1Cn1c(=O)[nH]/c(=N\c2ccc(OC3=CCCC(F)=N3)cc2)n(Cc2ccc(Cl)cc2)c1=O. The van der Waals surface area contributed by atoms with Crippen molar-refractivity contribution in [3.05, 3.63) is 97.7 Å². The topological polar surface area (TPSA) is 131 Å². The van der Waals surface area contributed by atoms with Crippen LogP contribution in [0.15, 0.2) is 80.1 Å². The summed E-state index contributed by atoms with van der Waals surface area (Å²) in [7, 11) is 0. The van der Waals surface area contributed by atoms with E-state index in [-0.39, 0.29) is 36.9 Å². The van der Waals surface area contributed by atoms with Crippen molar-refractivity contribution in [2.75, 3.05) is 0 Å². The van der Waals surface area contributed by atoms with E-state index in [1.807, 2.05) is 0 Å². The van der Waals surface area contributed by atoms with E-state index >= 15 is 0 Å². The average Bonchev–Trinajstić information content (AvgIpc) is 3.66. The van der Waals surface area contributed by atoms with Gasteiger partial charge in [0.2, 0.25) is 11.5 Å². The van der Waals surface area contributed by atoms with Crippen molar-refractivity contribution < 1.29 is 19.0 Å². The predicted molar refractivity (Wildman–Crippen MR) is 137 cm³/mol. The average molecular weight is 540 g/mol. The molecule has 2 unspecified atom stereocenters. The number of benzene rings is 2. The molecule has 2 aliphatic rings. The molecule has 5 rings (SSSR count). The fraction of sp³-hybridized carbons (Fsp3) is 0.269. The summed E-state index contributed by atoms with van der Waals surface area (Å²) in [4.78, 5) is 48.4. The van der Waals surface area contributed by atoms with Gasteiger partial charge in [0, 0.05) is 18.0 Å². The van der Waals surface area contributed by atoms with Crippen LogP contribution in [-0.2, 0) is 17.9 Å². The maximum Gasteiger partial charge on any atom is 0.335 e. The summed E-state index contributed by atoms with van der Waals surface area (Å²) >= 11 is 5.99. The summed E-state index contributed by atoms with van der Waals surface area (Å²) < 4.78 is 21.3. The Labute approximate surface area is 220 Å². The molecule has 0 radical (unpaired) electrons. The summed E-state index contributed by atoms with van der Waals surface area (Å²) in [5.41, 5.74) is -0.0926. The Balaban J connectivity index is 1.49. The third-order valence-corrected chi connectivity index (χ3v) is 6.54. The first-order chi connectivity index (χ1) is 18.3. The highest BCUT2D eigenvalue weighted by atomic mass is 35.5. The highest BCUT2D eigenvalue weighted by Gasteiger charge is 2.43. The number of halogens is 2. The van der Waals surface area contributed by atoms with Crippen LogP contribution in [0.4, 0.5) is 10.1 Å². The van der Waals surface area contributed by atoms with E-state index in [1.54, 1.807) is 54.6 Å². The zero-order valence-corrected chi connectivity index (χ0v) is 20.8. The van der Waals surface area contributed by atoms with Gasteiger partial charge in [-0.15, -0.1) is 0 Å². The summed E-state index contributed by atoms with van der Waals surface area (Å²) in [5.74, 6) is -1.69. The zero-order chi connectivity index (χ0) is 26.8. The van der Waals surface area contributed by atoms with Gasteiger partial charge in [-0.3, -0.25) is 14.3 Å². The number of aliphatic imine (C=N–C) groups is 1. The number of allylic oxidation sites excluding steroid dienone is 1. The van der Waals surface area contributed by atoms with Crippen molar-refractivity contribution in [3.63, 3.8) is 0 Å². The van der Waals surface area contributed by atoms with Gasteiger partial charge in [0.15, 0.2) is 5.97 Å². The molecule has 0 saturated heterocycles. The molecular formula is C26H23ClFN5O5. The predicted octanol–water partition coefficient (Wildman–Crippen LogP) is 3.37. The largest absolute Gasteiger partial charge is 0.481 e. The molecule has 3 aromatic rings. The molecule has 2 heterocycles. The number of carboxylic acid groups (broad SMARTS) is 1. The molecule has 1 aromatic heterocycles. The summed E-state index contributed by atoms with van der Waals surface area (Å²) in [6.45, 7) is 0.0918. The van der Waals surface area contributed by atoms with Gasteiger partial charge in [0.25, 0.3) is 0 Å². The zero-order valence-electron chi connectivity index (χ0n) is 20.0. The van der Waals surface area contributed by atoms with Gasteiger partial charge in [0.1, 0.15) is 5.75 Å². The van der Waals surface area contributed by atoms with Crippen molar-refractivity contribution in [1.82, 2.24) is 14.1 Å². The lowest BCUT2D eigenvalue weighted by Crippen LogP contribution is -2.50. The number of H-pyrrole nitrogens is 1. The Morgan fingerprint density at radius 1 is 1.16 bits per heavy atom. The lowest BCUT2D eigenvalue weighted by Gasteiger charge is -2.11. The quantitative estimate of drug-likeness (QED) is 0.453. The van der Waals surface area contributed by atoms with Crippen LogP contribution in [0.1, 0.15) is 24.8 Å². The molecule has 196 valence electrons. The smallest absolute Gasteiger partial charge is 0.335 e. The van der Waals surface area contributed by atoms with Gasteiger partial charge in [-0.25, -0.2) is 19.1 Å². The van der Waals surface area contributed by atoms with Gasteiger partial charge in [-0.2, -0.15) is 9.38 Å². The van der Waals surface area contributed by atoms with Gasteiger partial charge < -0.3 is 9.84 Å². The first-order valence-electron chi connectivity index (χ1n) is 11.9. The molecule has 1 aliphatic heterocycles. The Kier molecular flexibility index (Phi) is 7.10. The number of aromatic nitrogens is 3. The Bertz CT molecular complexity index is 1620. The van der Waals surface area contributed by atoms with Crippen LogP contribution < -0.4 is 21.7 Å². The van der Waals surface area contributed by atoms with Crippen LogP contribution in [-0.4, -0.2) is 31.2 Å². The first kappa shape index (κ1) is 25.4. The van der Waals surface area contributed by atoms with Gasteiger partial charge >= 0.3 is 17.3 Å². The second kappa shape index (κ2) is 10.6. The Hall–Kier alpha value is -4.25. The normalized spacial score (nSPS) is 19.1. The number of carbonyl (C=O) groups is 1. The molecule has 2 N–H and O–H groups in total. The summed E-state index contributed by atoms with van der Waals surface area (Å²) in [6, 6.07) is 13.4. The van der Waals surface area contributed by atoms with Gasteiger partial charge in [-0.05, 0) is 66.8 Å². The summed E-state index contributed by atoms with van der Waals surface area (Å²) in [5, 5.41) is 9.74. The number of nitrogens with one attached hydrogen (secondary N) is 1. The number of nitrogens with zero attached hydrogens (tertiary/aromatic N) is 4. The standard InChI is InChI=1S/C26H23ClFN5O5/c27-17-6-4-15(5-7-17)13-32-24(31-25(36)33(26(32)37)14-16-12-20(16)23(34)35)29-18-8-10-19(11-9-18)38-22-3-1-2-21(28)30-22/h3-11,16,20H,1-2,12-14H2,(H,34,35)(H,29,31,36). The van der Waals surface area contributed by atoms with E-state index in [1.165, 1.54) is 4.57 Å². The number of aliphatic carboxylic acids is 1. The molecule has 1 fully saturated rings. The molecule has 2 aromatic carbocycles. The molecule has 0 bridgehead atoms. The molecule has 1 saturated carbocycles. The fourth-order valence-corrected chi connectivity index (χ4v) is 4.26. The lowest BCUT2D eigenvalue weighted by atomic mass is 10.2. The fourth-order valence-electron chi connectivity index (χ4n) is 4.14. The lowest BCUT2D eigenvalue weighted by molar-refractivity contribution is -0.138. The third-order valence-electron chi connectivity index (χ3n) is 6.29. The van der Waals surface area contributed by atoms with E-state index in [0.717, 1.165) is 10.1 Å². The van der Waals surface area contributed by atoms with Crippen LogP contribution in [0.3, 0.4) is 0 Å². The molecule has 0 amide bonds. The van der Waals surface area contributed by atoms with E-state index in [9.17, 15) is 23.9 Å². The molecule has 1 aliphatic carbocycles. The van der Waals surface area contributed by atoms with E-state index in [4.69, 9.17) is 16.3 Å².